The highest BCUT2D eigenvalue weighted by Crippen LogP contribution is 2.38. The number of hydrogen-bond acceptors (Lipinski definition) is 12. The first-order valence-electron chi connectivity index (χ1n) is 15.8. The minimum absolute atomic E-state index is 0.0685. The third kappa shape index (κ3) is 7.39. The molecule has 0 atom stereocenters. The molecule has 7 rings (SSSR count). The van der Waals surface area contributed by atoms with Gasteiger partial charge in [0, 0.05) is 73.8 Å². The van der Waals surface area contributed by atoms with Crippen molar-refractivity contribution in [2.24, 2.45) is 9.98 Å². The minimum atomic E-state index is -0.718. The average molecular weight is 669 g/mol. The number of carbonyl (C=O) groups excluding carboxylic acids is 2. The van der Waals surface area contributed by atoms with E-state index >= 15 is 4.39 Å². The highest BCUT2D eigenvalue weighted by atomic mass is 19.1. The van der Waals surface area contributed by atoms with Gasteiger partial charge >= 0.3 is 11.8 Å². The molecule has 15 heteroatoms. The summed E-state index contributed by atoms with van der Waals surface area (Å²) in [6, 6.07) is 13.4. The number of furan rings is 2. The SMILES string of the molecule is Nc1ncc(F)c(N(c2ccc3oc(C(=O)N=CCN4CCOCC4)cc3c2)c2ccc3oc(C(=O)N=CCN4CCOCC4)cc3c2)n1. The summed E-state index contributed by atoms with van der Waals surface area (Å²) in [5.41, 5.74) is 7.76. The van der Waals surface area contributed by atoms with Crippen molar-refractivity contribution in [2.45, 2.75) is 0 Å². The maximum absolute atomic E-state index is 15.3. The van der Waals surface area contributed by atoms with Crippen molar-refractivity contribution in [2.75, 3.05) is 76.3 Å². The molecule has 2 fully saturated rings. The van der Waals surface area contributed by atoms with E-state index in [0.29, 0.717) is 72.8 Å². The third-order valence-corrected chi connectivity index (χ3v) is 8.20. The van der Waals surface area contributed by atoms with Gasteiger partial charge in [-0.15, -0.1) is 0 Å². The van der Waals surface area contributed by atoms with Gasteiger partial charge < -0.3 is 24.0 Å². The van der Waals surface area contributed by atoms with Crippen LogP contribution >= 0.6 is 0 Å². The van der Waals surface area contributed by atoms with Gasteiger partial charge in [-0.25, -0.2) is 19.4 Å². The van der Waals surface area contributed by atoms with Gasteiger partial charge in [0.2, 0.25) is 5.95 Å². The van der Waals surface area contributed by atoms with Gasteiger partial charge in [-0.05, 0) is 48.5 Å². The molecule has 0 bridgehead atoms. The first-order chi connectivity index (χ1) is 23.9. The van der Waals surface area contributed by atoms with Crippen LogP contribution in [0.15, 0.2) is 73.5 Å². The minimum Gasteiger partial charge on any atom is -0.451 e. The molecule has 2 aliphatic heterocycles. The summed E-state index contributed by atoms with van der Waals surface area (Å²) >= 11 is 0. The Hall–Kier alpha value is -5.35. The molecule has 2 amide bonds. The van der Waals surface area contributed by atoms with Crippen molar-refractivity contribution in [3.63, 3.8) is 0 Å². The summed E-state index contributed by atoms with van der Waals surface area (Å²) < 4.78 is 37.7. The molecule has 2 aromatic carbocycles. The summed E-state index contributed by atoms with van der Waals surface area (Å²) in [7, 11) is 0. The largest absolute Gasteiger partial charge is 0.451 e. The van der Waals surface area contributed by atoms with Gasteiger partial charge in [-0.2, -0.15) is 4.98 Å². The van der Waals surface area contributed by atoms with Crippen LogP contribution in [0.4, 0.5) is 27.5 Å². The Bertz CT molecular complexity index is 1930. The van der Waals surface area contributed by atoms with Gasteiger partial charge in [0.05, 0.1) is 32.6 Å². The lowest BCUT2D eigenvalue weighted by atomic mass is 10.1. The van der Waals surface area contributed by atoms with Crippen LogP contribution in [0.3, 0.4) is 0 Å². The number of nitrogen functional groups attached to an aromatic ring is 1. The van der Waals surface area contributed by atoms with E-state index in [9.17, 15) is 9.59 Å². The van der Waals surface area contributed by atoms with E-state index < -0.39 is 17.6 Å². The van der Waals surface area contributed by atoms with Crippen LogP contribution in [0.2, 0.25) is 0 Å². The molecule has 0 aliphatic carbocycles. The summed E-state index contributed by atoms with van der Waals surface area (Å²) in [6.07, 6.45) is 4.13. The molecular weight excluding hydrogens is 635 g/mol. The first kappa shape index (κ1) is 32.2. The first-order valence-corrected chi connectivity index (χ1v) is 15.8. The Morgan fingerprint density at radius 2 is 1.29 bits per heavy atom. The van der Waals surface area contributed by atoms with E-state index in [-0.39, 0.29) is 23.3 Å². The van der Waals surface area contributed by atoms with Crippen molar-refractivity contribution in [1.82, 2.24) is 19.8 Å². The molecule has 252 valence electrons. The van der Waals surface area contributed by atoms with Crippen LogP contribution in [0, 0.1) is 5.82 Å². The molecule has 0 spiro atoms. The number of morpholine rings is 2. The Balaban J connectivity index is 1.16. The molecule has 3 aromatic heterocycles. The number of hydrogen-bond donors (Lipinski definition) is 1. The lowest BCUT2D eigenvalue weighted by molar-refractivity contribution is 0.0456. The van der Waals surface area contributed by atoms with Gasteiger partial charge in [-0.3, -0.25) is 24.3 Å². The molecule has 5 aromatic rings. The molecule has 49 heavy (non-hydrogen) atoms. The smallest absolute Gasteiger partial charge is 0.312 e. The highest BCUT2D eigenvalue weighted by molar-refractivity contribution is 6.02. The number of carbonyl (C=O) groups is 2. The average Bonchev–Trinajstić information content (AvgIpc) is 3.75. The van der Waals surface area contributed by atoms with E-state index in [1.54, 1.807) is 65.9 Å². The van der Waals surface area contributed by atoms with Crippen molar-refractivity contribution < 1.29 is 32.3 Å². The highest BCUT2D eigenvalue weighted by Gasteiger charge is 2.22. The van der Waals surface area contributed by atoms with Crippen molar-refractivity contribution >= 4 is 69.3 Å². The van der Waals surface area contributed by atoms with E-state index in [0.717, 1.165) is 32.4 Å². The second kappa shape index (κ2) is 14.4. The van der Waals surface area contributed by atoms with E-state index in [4.69, 9.17) is 24.0 Å². The normalized spacial score (nSPS) is 16.3. The molecule has 2 aliphatic rings. The van der Waals surface area contributed by atoms with Gasteiger partial charge in [0.25, 0.3) is 0 Å². The molecule has 0 radical (unpaired) electrons. The van der Waals surface area contributed by atoms with E-state index in [1.807, 2.05) is 0 Å². The number of ether oxygens (including phenoxy) is 2. The van der Waals surface area contributed by atoms with Crippen LogP contribution < -0.4 is 10.6 Å². The maximum Gasteiger partial charge on any atom is 0.312 e. The zero-order valence-electron chi connectivity index (χ0n) is 26.5. The molecule has 14 nitrogen and oxygen atoms in total. The predicted octanol–water partition coefficient (Wildman–Crippen LogP) is 4.25. The van der Waals surface area contributed by atoms with Gasteiger partial charge in [-0.1, -0.05) is 0 Å². The quantitative estimate of drug-likeness (QED) is 0.222. The number of anilines is 4. The van der Waals surface area contributed by atoms with Crippen LogP contribution in [-0.4, -0.2) is 110 Å². The topological polar surface area (TPSA) is 165 Å². The Morgan fingerprint density at radius 3 is 1.78 bits per heavy atom. The molecule has 2 N–H and O–H groups in total. The third-order valence-electron chi connectivity index (χ3n) is 8.20. The number of halogens is 1. The molecule has 2 saturated heterocycles. The van der Waals surface area contributed by atoms with Crippen LogP contribution in [0.5, 0.6) is 0 Å². The summed E-state index contributed by atoms with van der Waals surface area (Å²) in [5.74, 6) is -1.84. The standard InChI is InChI=1S/C34H33FN8O6/c35-26-21-39-34(36)40-31(26)43(24-1-3-27-22(17-24)19-29(48-27)32(44)37-5-7-41-9-13-46-14-10-41)25-2-4-28-23(18-25)20-30(49-28)33(45)38-6-8-42-11-15-47-16-12-42/h1-6,17-21H,7-16H2,(H2,36,39,40). The number of amides is 2. The van der Waals surface area contributed by atoms with Crippen molar-refractivity contribution in [3.05, 3.63) is 72.1 Å². The zero-order valence-corrected chi connectivity index (χ0v) is 26.5. The number of nitrogens with two attached hydrogens (primary N) is 1. The van der Waals surface area contributed by atoms with Gasteiger partial charge in [0.15, 0.2) is 23.2 Å². The number of nitrogens with zero attached hydrogens (tertiary/aromatic N) is 7. The number of aliphatic imine (C=N–C) groups is 2. The Kier molecular flexibility index (Phi) is 9.47. The van der Waals surface area contributed by atoms with E-state index in [1.165, 1.54) is 0 Å². The molecule has 5 heterocycles. The fourth-order valence-corrected chi connectivity index (χ4v) is 5.65. The van der Waals surface area contributed by atoms with E-state index in [2.05, 4.69) is 29.8 Å². The van der Waals surface area contributed by atoms with Crippen molar-refractivity contribution in [1.29, 1.82) is 0 Å². The van der Waals surface area contributed by atoms with Crippen LogP contribution in [0.1, 0.15) is 21.1 Å². The van der Waals surface area contributed by atoms with Crippen LogP contribution in [0.25, 0.3) is 21.9 Å². The number of fused-ring (bicyclic) bond motifs is 2. The zero-order chi connectivity index (χ0) is 33.7. The monoisotopic (exact) mass is 668 g/mol. The second-order valence-corrected chi connectivity index (χ2v) is 11.5. The fourth-order valence-electron chi connectivity index (χ4n) is 5.65. The molecule has 0 unspecified atom stereocenters. The molecule has 0 saturated carbocycles. The number of benzene rings is 2. The second-order valence-electron chi connectivity index (χ2n) is 11.5. The van der Waals surface area contributed by atoms with Gasteiger partial charge in [0.1, 0.15) is 11.2 Å². The Morgan fingerprint density at radius 1 is 0.796 bits per heavy atom. The summed E-state index contributed by atoms with van der Waals surface area (Å²) in [4.78, 5) is 47.6. The summed E-state index contributed by atoms with van der Waals surface area (Å²) in [6.45, 7) is 6.77. The maximum atomic E-state index is 15.3. The molecular formula is C34H33FN8O6. The number of rotatable bonds is 9. The van der Waals surface area contributed by atoms with Crippen LogP contribution in [-0.2, 0) is 9.47 Å². The van der Waals surface area contributed by atoms with Crippen molar-refractivity contribution in [3.8, 4) is 0 Å². The predicted molar refractivity (Wildman–Crippen MR) is 181 cm³/mol. The summed E-state index contributed by atoms with van der Waals surface area (Å²) in [5, 5.41) is 1.17. The Labute approximate surface area is 279 Å². The lowest BCUT2D eigenvalue weighted by Crippen LogP contribution is -2.37. The fraction of sp³-hybridized carbons (Fsp3) is 0.294. The number of aromatic nitrogens is 2. The lowest BCUT2D eigenvalue weighted by Gasteiger charge is -2.24.